The molecule has 0 radical (unpaired) electrons. The smallest absolute Gasteiger partial charge is 0.279 e. The van der Waals surface area contributed by atoms with Crippen LogP contribution in [0.2, 0.25) is 0 Å². The van der Waals surface area contributed by atoms with Gasteiger partial charge in [0.25, 0.3) is 5.56 Å². The molecule has 0 saturated carbocycles. The van der Waals surface area contributed by atoms with Gasteiger partial charge in [0.05, 0.1) is 19.3 Å². The van der Waals surface area contributed by atoms with Crippen LogP contribution in [0.3, 0.4) is 0 Å². The monoisotopic (exact) mass is 465 g/mol. The molecule has 4 rings (SSSR count). The number of anilines is 1. The zero-order valence-electron chi connectivity index (χ0n) is 19.2. The summed E-state index contributed by atoms with van der Waals surface area (Å²) in [7, 11) is 3.40. The maximum atomic E-state index is 13.2. The van der Waals surface area contributed by atoms with E-state index in [-0.39, 0.29) is 17.9 Å². The highest BCUT2D eigenvalue weighted by Crippen LogP contribution is 2.39. The molecule has 8 heteroatoms. The number of amides is 1. The van der Waals surface area contributed by atoms with Gasteiger partial charge in [-0.25, -0.2) is 0 Å². The van der Waals surface area contributed by atoms with Crippen molar-refractivity contribution in [2.24, 2.45) is 7.05 Å². The molecule has 2 aromatic carbocycles. The molecule has 1 aliphatic heterocycles. The third kappa shape index (κ3) is 4.75. The van der Waals surface area contributed by atoms with E-state index >= 15 is 0 Å². The predicted molar refractivity (Wildman–Crippen MR) is 129 cm³/mol. The minimum absolute atomic E-state index is 0.142. The van der Waals surface area contributed by atoms with Crippen molar-refractivity contribution >= 4 is 23.5 Å². The number of nitrogens with zero attached hydrogens (tertiary/aromatic N) is 2. The predicted octanol–water partition coefficient (Wildman–Crippen LogP) is 4.26. The lowest BCUT2D eigenvalue weighted by atomic mass is 9.86. The van der Waals surface area contributed by atoms with Crippen LogP contribution in [0.15, 0.2) is 52.4 Å². The van der Waals surface area contributed by atoms with Crippen LogP contribution in [0.5, 0.6) is 11.5 Å². The molecule has 1 N–H and O–H groups in total. The second-order valence-corrected chi connectivity index (χ2v) is 8.89. The van der Waals surface area contributed by atoms with Crippen LogP contribution in [0.1, 0.15) is 41.5 Å². The van der Waals surface area contributed by atoms with E-state index in [9.17, 15) is 9.59 Å². The van der Waals surface area contributed by atoms with Gasteiger partial charge < -0.3 is 19.4 Å². The Balaban J connectivity index is 1.71. The molecule has 1 aliphatic rings. The Labute approximate surface area is 197 Å². The van der Waals surface area contributed by atoms with Gasteiger partial charge in [-0.1, -0.05) is 47.7 Å². The lowest BCUT2D eigenvalue weighted by molar-refractivity contribution is -0.116. The molecule has 2 heterocycles. The summed E-state index contributed by atoms with van der Waals surface area (Å²) >= 11 is 1.47. The summed E-state index contributed by atoms with van der Waals surface area (Å²) < 4.78 is 12.9. The van der Waals surface area contributed by atoms with E-state index in [1.54, 1.807) is 17.7 Å². The molecule has 0 saturated heterocycles. The van der Waals surface area contributed by atoms with Gasteiger partial charge in [0, 0.05) is 25.1 Å². The fraction of sp³-hybridized carbons (Fsp3) is 0.320. The van der Waals surface area contributed by atoms with Gasteiger partial charge in [-0.15, -0.1) is 0 Å². The first-order valence-electron chi connectivity index (χ1n) is 10.8. The molecule has 33 heavy (non-hydrogen) atoms. The molecule has 0 spiro atoms. The van der Waals surface area contributed by atoms with Crippen molar-refractivity contribution in [2.45, 2.75) is 37.1 Å². The fourth-order valence-electron chi connectivity index (χ4n) is 3.96. The molecule has 3 aromatic rings. The Morgan fingerprint density at radius 3 is 2.61 bits per heavy atom. The number of rotatable bonds is 7. The van der Waals surface area contributed by atoms with Gasteiger partial charge in [0.15, 0.2) is 16.7 Å². The molecule has 7 nitrogen and oxygen atoms in total. The van der Waals surface area contributed by atoms with Gasteiger partial charge in [-0.3, -0.25) is 9.59 Å². The maximum absolute atomic E-state index is 13.2. The molecule has 172 valence electrons. The largest absolute Gasteiger partial charge is 0.493 e. The quantitative estimate of drug-likeness (QED) is 0.415. The van der Waals surface area contributed by atoms with E-state index in [2.05, 4.69) is 34.6 Å². The van der Waals surface area contributed by atoms with Crippen LogP contribution in [0.4, 0.5) is 5.82 Å². The summed E-state index contributed by atoms with van der Waals surface area (Å²) in [5.74, 6) is 1.80. The number of nitrogens with one attached hydrogen (secondary N) is 1. The van der Waals surface area contributed by atoms with Gasteiger partial charge in [0.1, 0.15) is 5.82 Å². The average molecular weight is 466 g/mol. The lowest BCUT2D eigenvalue weighted by Gasteiger charge is -2.28. The van der Waals surface area contributed by atoms with E-state index in [0.29, 0.717) is 40.4 Å². The van der Waals surface area contributed by atoms with Crippen LogP contribution in [-0.4, -0.2) is 29.2 Å². The van der Waals surface area contributed by atoms with E-state index in [1.807, 2.05) is 33.0 Å². The second kappa shape index (κ2) is 9.70. The number of carbonyl (C=O) groups is 1. The molecule has 0 fully saturated rings. The Hall–Kier alpha value is -3.26. The highest BCUT2D eigenvalue weighted by Gasteiger charge is 2.32. The molecule has 1 aromatic heterocycles. The van der Waals surface area contributed by atoms with Crippen molar-refractivity contribution in [2.75, 3.05) is 19.0 Å². The Morgan fingerprint density at radius 1 is 1.15 bits per heavy atom. The highest BCUT2D eigenvalue weighted by atomic mass is 32.2. The van der Waals surface area contributed by atoms with Crippen molar-refractivity contribution in [3.8, 4) is 11.5 Å². The van der Waals surface area contributed by atoms with Crippen LogP contribution >= 0.6 is 11.8 Å². The van der Waals surface area contributed by atoms with Crippen LogP contribution in [0, 0.1) is 6.92 Å². The number of aromatic nitrogens is 2. The van der Waals surface area contributed by atoms with E-state index in [4.69, 9.17) is 9.47 Å². The molecular weight excluding hydrogens is 438 g/mol. The number of aryl methyl sites for hydroxylation is 1. The van der Waals surface area contributed by atoms with E-state index in [0.717, 1.165) is 11.1 Å². The second-order valence-electron chi connectivity index (χ2n) is 7.94. The number of carbonyl (C=O) groups excluding carboxylic acids is 1. The highest BCUT2D eigenvalue weighted by molar-refractivity contribution is 7.98. The number of hydrogen-bond donors (Lipinski definition) is 1. The zero-order chi connectivity index (χ0) is 23.5. The lowest BCUT2D eigenvalue weighted by Crippen LogP contribution is -2.33. The minimum atomic E-state index is -0.416. The van der Waals surface area contributed by atoms with E-state index in [1.165, 1.54) is 17.3 Å². The van der Waals surface area contributed by atoms with Crippen molar-refractivity contribution in [1.29, 1.82) is 0 Å². The number of ether oxygens (including phenoxy) is 2. The number of methoxy groups -OCH3 is 1. The first-order chi connectivity index (χ1) is 15.9. The number of hydrogen-bond acceptors (Lipinski definition) is 6. The first-order valence-corrected chi connectivity index (χ1v) is 11.8. The maximum Gasteiger partial charge on any atom is 0.279 e. The van der Waals surface area contributed by atoms with Crippen molar-refractivity contribution < 1.29 is 14.3 Å². The molecule has 0 aliphatic carbocycles. The summed E-state index contributed by atoms with van der Waals surface area (Å²) in [4.78, 5) is 30.2. The Kier molecular flexibility index (Phi) is 6.74. The fourth-order valence-corrected chi connectivity index (χ4v) is 4.88. The summed E-state index contributed by atoms with van der Waals surface area (Å²) in [6, 6.07) is 13.8. The summed E-state index contributed by atoms with van der Waals surface area (Å²) in [5, 5.41) is 3.45. The molecule has 1 atom stereocenters. The number of fused-ring (bicyclic) bond motifs is 1. The molecule has 0 unspecified atom stereocenters. The third-order valence-electron chi connectivity index (χ3n) is 5.68. The third-order valence-corrected chi connectivity index (χ3v) is 6.78. The summed E-state index contributed by atoms with van der Waals surface area (Å²) in [6.45, 7) is 4.42. The SMILES string of the molecule is CCOc1cc([C@H]2CC(=O)Nc3c2c(=O)nc(SCc2ccc(C)cc2)n3C)ccc1OC. The van der Waals surface area contributed by atoms with Crippen molar-refractivity contribution in [3.63, 3.8) is 0 Å². The molecular formula is C25H27N3O4S. The van der Waals surface area contributed by atoms with Crippen LogP contribution in [-0.2, 0) is 17.6 Å². The van der Waals surface area contributed by atoms with Crippen molar-refractivity contribution in [3.05, 3.63) is 75.1 Å². The van der Waals surface area contributed by atoms with Crippen molar-refractivity contribution in [1.82, 2.24) is 9.55 Å². The standard InChI is InChI=1S/C25H27N3O4S/c1-5-32-20-12-17(10-11-19(20)31-4)18-13-21(29)26-23-22(18)24(30)27-25(28(23)3)33-14-16-8-6-15(2)7-9-16/h6-12,18H,5,13-14H2,1-4H3,(H,26,29)/t18-/m1/s1. The topological polar surface area (TPSA) is 82.5 Å². The number of thioether (sulfide) groups is 1. The van der Waals surface area contributed by atoms with Gasteiger partial charge >= 0.3 is 0 Å². The molecule has 1 amide bonds. The van der Waals surface area contributed by atoms with Crippen LogP contribution in [0.25, 0.3) is 0 Å². The average Bonchev–Trinajstić information content (AvgIpc) is 2.81. The van der Waals surface area contributed by atoms with E-state index < -0.39 is 5.92 Å². The van der Waals surface area contributed by atoms with Gasteiger partial charge in [0.2, 0.25) is 5.91 Å². The Morgan fingerprint density at radius 2 is 1.91 bits per heavy atom. The number of benzene rings is 2. The molecule has 0 bridgehead atoms. The Bertz CT molecular complexity index is 1240. The van der Waals surface area contributed by atoms with Gasteiger partial charge in [-0.05, 0) is 37.1 Å². The first kappa shape index (κ1) is 22.9. The summed E-state index contributed by atoms with van der Waals surface area (Å²) in [5.41, 5.74) is 3.32. The normalized spacial score (nSPS) is 15.0. The van der Waals surface area contributed by atoms with Gasteiger partial charge in [-0.2, -0.15) is 4.98 Å². The summed E-state index contributed by atoms with van der Waals surface area (Å²) in [6.07, 6.45) is 0.164. The zero-order valence-corrected chi connectivity index (χ0v) is 20.0. The van der Waals surface area contributed by atoms with Crippen LogP contribution < -0.4 is 20.3 Å². The minimum Gasteiger partial charge on any atom is -0.493 e.